The SMILES string of the molecule is C=N/C=C\C=C(/C)n1cc(NC(=S)CCSCCC(F)(F)F)c(Cl)n1. The number of nitrogens with zero attached hydrogens (tertiary/aromatic N) is 3. The highest BCUT2D eigenvalue weighted by Gasteiger charge is 2.26. The summed E-state index contributed by atoms with van der Waals surface area (Å²) in [5, 5.41) is 7.38. The minimum Gasteiger partial charge on any atom is -0.346 e. The van der Waals surface area contributed by atoms with Crippen molar-refractivity contribution in [1.29, 1.82) is 0 Å². The average Bonchev–Trinajstić information content (AvgIpc) is 2.87. The second kappa shape index (κ2) is 10.6. The molecular formula is C15H18ClF3N4S2. The fourth-order valence-electron chi connectivity index (χ4n) is 1.60. The minimum absolute atomic E-state index is 0.0296. The second-order valence-electron chi connectivity index (χ2n) is 4.89. The summed E-state index contributed by atoms with van der Waals surface area (Å²) < 4.78 is 37.7. The number of aromatic nitrogens is 2. The van der Waals surface area contributed by atoms with Crippen LogP contribution < -0.4 is 5.32 Å². The Balaban J connectivity index is 2.48. The first-order valence-corrected chi connectivity index (χ1v) is 9.16. The van der Waals surface area contributed by atoms with Crippen LogP contribution in [0.1, 0.15) is 19.8 Å². The molecule has 0 bridgehead atoms. The standard InChI is InChI=1S/C15H18ClF3N4S2/c1-11(4-3-7-20-2)23-10-12(14(16)22-23)21-13(24)5-8-25-9-6-15(17,18)19/h3-4,7,10H,2,5-6,8-9H2,1H3,(H,21,24)/b7-3-,11-4+. The first-order valence-electron chi connectivity index (χ1n) is 7.22. The number of alkyl halides is 3. The lowest BCUT2D eigenvalue weighted by atomic mass is 10.4. The van der Waals surface area contributed by atoms with Crippen LogP contribution in [0.15, 0.2) is 29.5 Å². The Kier molecular flexibility index (Phi) is 9.23. The van der Waals surface area contributed by atoms with Crippen LogP contribution in [-0.4, -0.2) is 39.2 Å². The number of aliphatic imine (C=N–C) groups is 1. The molecule has 0 spiro atoms. The molecule has 0 radical (unpaired) electrons. The summed E-state index contributed by atoms with van der Waals surface area (Å²) in [6.45, 7) is 5.18. The van der Waals surface area contributed by atoms with Crippen molar-refractivity contribution in [2.45, 2.75) is 25.9 Å². The van der Waals surface area contributed by atoms with E-state index in [-0.39, 0.29) is 10.9 Å². The van der Waals surface area contributed by atoms with Gasteiger partial charge in [0.05, 0.1) is 23.3 Å². The van der Waals surface area contributed by atoms with E-state index in [1.54, 1.807) is 29.2 Å². The molecule has 10 heteroatoms. The molecule has 0 unspecified atom stereocenters. The van der Waals surface area contributed by atoms with Crippen LogP contribution in [0.3, 0.4) is 0 Å². The summed E-state index contributed by atoms with van der Waals surface area (Å²) in [5.74, 6) is 0.536. The van der Waals surface area contributed by atoms with E-state index in [0.717, 1.165) is 5.70 Å². The number of allylic oxidation sites excluding steroid dienone is 3. The van der Waals surface area contributed by atoms with Gasteiger partial charge in [0, 0.05) is 24.1 Å². The molecule has 4 nitrogen and oxygen atoms in total. The zero-order chi connectivity index (χ0) is 18.9. The smallest absolute Gasteiger partial charge is 0.346 e. The van der Waals surface area contributed by atoms with Gasteiger partial charge in [-0.15, -0.1) is 0 Å². The highest BCUT2D eigenvalue weighted by Crippen LogP contribution is 2.24. The molecule has 1 aromatic rings. The summed E-state index contributed by atoms with van der Waals surface area (Å²) in [6, 6.07) is 0. The molecule has 0 aliphatic rings. The zero-order valence-corrected chi connectivity index (χ0v) is 15.9. The lowest BCUT2D eigenvalue weighted by Crippen LogP contribution is -2.11. The molecule has 0 fully saturated rings. The Bertz CT molecular complexity index is 654. The van der Waals surface area contributed by atoms with Crippen molar-refractivity contribution in [2.24, 2.45) is 4.99 Å². The van der Waals surface area contributed by atoms with E-state index in [1.165, 1.54) is 11.8 Å². The van der Waals surface area contributed by atoms with Crippen LogP contribution in [0.5, 0.6) is 0 Å². The molecule has 0 aromatic carbocycles. The van der Waals surface area contributed by atoms with Gasteiger partial charge in [0.1, 0.15) is 0 Å². The number of halogens is 4. The number of nitrogens with one attached hydrogen (secondary N) is 1. The predicted molar refractivity (Wildman–Crippen MR) is 105 cm³/mol. The van der Waals surface area contributed by atoms with Gasteiger partial charge in [0.25, 0.3) is 0 Å². The fourth-order valence-corrected chi connectivity index (χ4v) is 3.05. The molecule has 0 saturated heterocycles. The number of hydrogen-bond acceptors (Lipinski definition) is 4. The predicted octanol–water partition coefficient (Wildman–Crippen LogP) is 5.43. The van der Waals surface area contributed by atoms with Crippen LogP contribution in [0.25, 0.3) is 5.70 Å². The van der Waals surface area contributed by atoms with Crippen molar-refractivity contribution >= 4 is 58.7 Å². The van der Waals surface area contributed by atoms with Crippen LogP contribution >= 0.6 is 35.6 Å². The van der Waals surface area contributed by atoms with E-state index >= 15 is 0 Å². The summed E-state index contributed by atoms with van der Waals surface area (Å²) in [5.41, 5.74) is 1.36. The van der Waals surface area contributed by atoms with Gasteiger partial charge in [-0.1, -0.05) is 23.8 Å². The lowest BCUT2D eigenvalue weighted by molar-refractivity contribution is -0.129. The van der Waals surface area contributed by atoms with E-state index in [9.17, 15) is 13.2 Å². The maximum Gasteiger partial charge on any atom is 0.389 e. The van der Waals surface area contributed by atoms with Crippen molar-refractivity contribution in [3.8, 4) is 0 Å². The lowest BCUT2D eigenvalue weighted by Gasteiger charge is -2.07. The third-order valence-corrected chi connectivity index (χ3v) is 4.41. The van der Waals surface area contributed by atoms with Gasteiger partial charge in [-0.2, -0.15) is 30.0 Å². The third-order valence-electron chi connectivity index (χ3n) is 2.84. The van der Waals surface area contributed by atoms with E-state index in [1.807, 2.05) is 6.92 Å². The van der Waals surface area contributed by atoms with E-state index in [2.05, 4.69) is 22.1 Å². The Morgan fingerprint density at radius 2 is 2.24 bits per heavy atom. The van der Waals surface area contributed by atoms with Crippen molar-refractivity contribution in [2.75, 3.05) is 16.8 Å². The average molecular weight is 411 g/mol. The third kappa shape index (κ3) is 9.08. The highest BCUT2D eigenvalue weighted by molar-refractivity contribution is 7.99. The molecule has 0 aliphatic heterocycles. The largest absolute Gasteiger partial charge is 0.389 e. The number of thioether (sulfide) groups is 1. The van der Waals surface area contributed by atoms with Gasteiger partial charge >= 0.3 is 6.18 Å². The van der Waals surface area contributed by atoms with Crippen molar-refractivity contribution in [3.63, 3.8) is 0 Å². The van der Waals surface area contributed by atoms with Gasteiger partial charge in [-0.3, -0.25) is 4.99 Å². The molecule has 0 atom stereocenters. The Morgan fingerprint density at radius 3 is 2.88 bits per heavy atom. The molecule has 1 aromatic heterocycles. The van der Waals surface area contributed by atoms with Crippen LogP contribution in [0.4, 0.5) is 18.9 Å². The Labute approximate surface area is 159 Å². The first kappa shape index (κ1) is 21.7. The van der Waals surface area contributed by atoms with Gasteiger partial charge in [0.15, 0.2) is 5.15 Å². The number of thiocarbonyl (C=S) groups is 1. The van der Waals surface area contributed by atoms with Crippen LogP contribution in [-0.2, 0) is 0 Å². The first-order chi connectivity index (χ1) is 11.7. The number of hydrogen-bond donors (Lipinski definition) is 1. The molecule has 1 rings (SSSR count). The van der Waals surface area contributed by atoms with Crippen LogP contribution in [0.2, 0.25) is 5.15 Å². The second-order valence-corrected chi connectivity index (χ2v) is 6.96. The van der Waals surface area contributed by atoms with E-state index in [0.29, 0.717) is 22.8 Å². The Morgan fingerprint density at radius 1 is 1.52 bits per heavy atom. The van der Waals surface area contributed by atoms with Gasteiger partial charge in [-0.05, 0) is 31.5 Å². The van der Waals surface area contributed by atoms with Gasteiger partial charge in [0.2, 0.25) is 0 Å². The molecular weight excluding hydrogens is 393 g/mol. The minimum atomic E-state index is -4.11. The monoisotopic (exact) mass is 410 g/mol. The molecule has 0 aliphatic carbocycles. The summed E-state index contributed by atoms with van der Waals surface area (Å²) in [7, 11) is 0. The Hall–Kier alpha value is -1.32. The van der Waals surface area contributed by atoms with Gasteiger partial charge in [-0.25, -0.2) is 4.68 Å². The van der Waals surface area contributed by atoms with Crippen LogP contribution in [0, 0.1) is 0 Å². The normalized spacial score (nSPS) is 12.6. The summed E-state index contributed by atoms with van der Waals surface area (Å²) >= 11 is 12.5. The van der Waals surface area contributed by atoms with Crippen molar-refractivity contribution < 1.29 is 13.2 Å². The molecule has 1 N–H and O–H groups in total. The summed E-state index contributed by atoms with van der Waals surface area (Å²) in [6.07, 6.45) is 2.28. The number of rotatable bonds is 9. The molecule has 0 saturated carbocycles. The van der Waals surface area contributed by atoms with E-state index in [4.69, 9.17) is 23.8 Å². The topological polar surface area (TPSA) is 42.2 Å². The molecule has 1 heterocycles. The van der Waals surface area contributed by atoms with Crippen molar-refractivity contribution in [1.82, 2.24) is 9.78 Å². The maximum atomic E-state index is 12.0. The summed E-state index contributed by atoms with van der Waals surface area (Å²) in [4.78, 5) is 4.09. The van der Waals surface area contributed by atoms with Gasteiger partial charge < -0.3 is 5.32 Å². The molecule has 25 heavy (non-hydrogen) atoms. The zero-order valence-electron chi connectivity index (χ0n) is 13.5. The quantitative estimate of drug-likeness (QED) is 0.255. The highest BCUT2D eigenvalue weighted by atomic mass is 35.5. The fraction of sp³-hybridized carbons (Fsp3) is 0.400. The molecule has 0 amide bonds. The maximum absolute atomic E-state index is 12.0. The van der Waals surface area contributed by atoms with E-state index < -0.39 is 12.6 Å². The van der Waals surface area contributed by atoms with Crippen molar-refractivity contribution in [3.05, 3.63) is 29.7 Å². The molecule has 138 valence electrons. The number of anilines is 1.